The summed E-state index contributed by atoms with van der Waals surface area (Å²) in [5.74, 6) is 0.325. The summed E-state index contributed by atoms with van der Waals surface area (Å²) in [7, 11) is 2.94. The van der Waals surface area contributed by atoms with Crippen molar-refractivity contribution < 1.29 is 14.3 Å². The first-order valence-corrected chi connectivity index (χ1v) is 10.7. The molecule has 5 aromatic rings. The number of nitrogens with zero attached hydrogens (tertiary/aromatic N) is 6. The van der Waals surface area contributed by atoms with Crippen LogP contribution in [0.2, 0.25) is 0 Å². The van der Waals surface area contributed by atoms with Gasteiger partial charge in [0.05, 0.1) is 43.9 Å². The number of carbonyl (C=O) groups excluding carboxylic acids is 1. The van der Waals surface area contributed by atoms with E-state index in [4.69, 9.17) is 20.2 Å². The Bertz CT molecular complexity index is 1550. The van der Waals surface area contributed by atoms with Gasteiger partial charge in [-0.2, -0.15) is 0 Å². The second-order valence-corrected chi connectivity index (χ2v) is 7.67. The van der Waals surface area contributed by atoms with Gasteiger partial charge in [0.15, 0.2) is 0 Å². The van der Waals surface area contributed by atoms with Gasteiger partial charge in [0.25, 0.3) is 0 Å². The van der Waals surface area contributed by atoms with Crippen LogP contribution in [0.15, 0.2) is 66.9 Å². The maximum Gasteiger partial charge on any atom is 0.337 e. The van der Waals surface area contributed by atoms with E-state index in [1.807, 2.05) is 42.5 Å². The van der Waals surface area contributed by atoms with Crippen molar-refractivity contribution in [2.45, 2.75) is 6.54 Å². The number of esters is 1. The molecule has 0 radical (unpaired) electrons. The fourth-order valence-corrected chi connectivity index (χ4v) is 3.80. The molecule has 35 heavy (non-hydrogen) atoms. The zero-order valence-corrected chi connectivity index (χ0v) is 19.0. The number of nitrogens with two attached hydrogens (primary N) is 1. The Hall–Kier alpha value is -4.86. The summed E-state index contributed by atoms with van der Waals surface area (Å²) in [4.78, 5) is 25.3. The molecular formula is C25H21N7O3. The van der Waals surface area contributed by atoms with Crippen LogP contribution >= 0.6 is 0 Å². The molecule has 0 spiro atoms. The molecule has 0 unspecified atom stereocenters. The highest BCUT2D eigenvalue weighted by Gasteiger charge is 2.15. The average Bonchev–Trinajstić information content (AvgIpc) is 3.35. The molecule has 5 rings (SSSR count). The van der Waals surface area contributed by atoms with Crippen LogP contribution in [0.4, 0.5) is 5.95 Å². The van der Waals surface area contributed by atoms with Gasteiger partial charge in [-0.25, -0.2) is 19.4 Å². The number of nitrogen functional groups attached to an aromatic ring is 1. The van der Waals surface area contributed by atoms with Gasteiger partial charge in [-0.1, -0.05) is 35.5 Å². The van der Waals surface area contributed by atoms with Crippen LogP contribution in [0.1, 0.15) is 16.1 Å². The fraction of sp³-hybridized carbons (Fsp3) is 0.120. The Morgan fingerprint density at radius 2 is 1.80 bits per heavy atom. The number of ether oxygens (including phenoxy) is 2. The van der Waals surface area contributed by atoms with E-state index in [9.17, 15) is 4.79 Å². The van der Waals surface area contributed by atoms with Crippen molar-refractivity contribution in [1.82, 2.24) is 29.9 Å². The van der Waals surface area contributed by atoms with E-state index in [0.29, 0.717) is 34.8 Å². The standard InChI is InChI=1S/C25H21N7O3/c1-34-21-11-5-9-18-22(28-25(26)29-23(18)21)20-14-32(31-30-20)13-17-8-4-10-19(27-17)15-6-3-7-16(12-15)24(33)35-2/h3-12,14H,13H2,1-2H3,(H2,26,28,29). The number of anilines is 1. The third kappa shape index (κ3) is 4.36. The summed E-state index contributed by atoms with van der Waals surface area (Å²) >= 11 is 0. The predicted molar refractivity (Wildman–Crippen MR) is 130 cm³/mol. The molecule has 3 heterocycles. The quantitative estimate of drug-likeness (QED) is 0.373. The second-order valence-electron chi connectivity index (χ2n) is 7.67. The van der Waals surface area contributed by atoms with Gasteiger partial charge in [-0.05, 0) is 30.3 Å². The summed E-state index contributed by atoms with van der Waals surface area (Å²) < 4.78 is 11.9. The minimum absolute atomic E-state index is 0.120. The topological polar surface area (TPSA) is 131 Å². The van der Waals surface area contributed by atoms with E-state index >= 15 is 0 Å². The number of fused-ring (bicyclic) bond motifs is 1. The van der Waals surface area contributed by atoms with Crippen LogP contribution in [-0.4, -0.2) is 50.1 Å². The molecule has 0 aliphatic carbocycles. The summed E-state index contributed by atoms with van der Waals surface area (Å²) in [5, 5.41) is 9.31. The van der Waals surface area contributed by atoms with Crippen LogP contribution in [0.25, 0.3) is 33.5 Å². The minimum atomic E-state index is -0.395. The number of benzene rings is 2. The monoisotopic (exact) mass is 467 g/mol. The Kier molecular flexibility index (Phi) is 5.76. The normalized spacial score (nSPS) is 10.9. The van der Waals surface area contributed by atoms with E-state index < -0.39 is 5.97 Å². The first-order valence-electron chi connectivity index (χ1n) is 10.7. The first kappa shape index (κ1) is 22.0. The van der Waals surface area contributed by atoms with Gasteiger partial charge in [-0.3, -0.25) is 4.98 Å². The van der Waals surface area contributed by atoms with Gasteiger partial charge in [0.2, 0.25) is 5.95 Å². The molecule has 174 valence electrons. The highest BCUT2D eigenvalue weighted by atomic mass is 16.5. The number of rotatable bonds is 6. The van der Waals surface area contributed by atoms with E-state index in [-0.39, 0.29) is 5.95 Å². The summed E-state index contributed by atoms with van der Waals surface area (Å²) in [6.45, 7) is 0.388. The Balaban J connectivity index is 1.44. The highest BCUT2D eigenvalue weighted by Crippen LogP contribution is 2.30. The maximum absolute atomic E-state index is 11.9. The van der Waals surface area contributed by atoms with Crippen molar-refractivity contribution in [1.29, 1.82) is 0 Å². The molecule has 2 N–H and O–H groups in total. The lowest BCUT2D eigenvalue weighted by atomic mass is 10.1. The van der Waals surface area contributed by atoms with Crippen LogP contribution in [0, 0.1) is 0 Å². The molecule has 0 fully saturated rings. The van der Waals surface area contributed by atoms with E-state index in [2.05, 4.69) is 20.3 Å². The van der Waals surface area contributed by atoms with Crippen molar-refractivity contribution in [3.63, 3.8) is 0 Å². The van der Waals surface area contributed by atoms with Crippen LogP contribution in [-0.2, 0) is 11.3 Å². The minimum Gasteiger partial charge on any atom is -0.494 e. The van der Waals surface area contributed by atoms with Crippen LogP contribution < -0.4 is 10.5 Å². The Labute approximate surface area is 200 Å². The molecule has 0 bridgehead atoms. The van der Waals surface area contributed by atoms with Crippen molar-refractivity contribution >= 4 is 22.8 Å². The summed E-state index contributed by atoms with van der Waals surface area (Å²) in [5.41, 5.74) is 10.5. The van der Waals surface area contributed by atoms with E-state index in [1.165, 1.54) is 7.11 Å². The molecule has 0 amide bonds. The third-order valence-electron chi connectivity index (χ3n) is 5.42. The van der Waals surface area contributed by atoms with E-state index in [0.717, 1.165) is 22.3 Å². The molecule has 10 heteroatoms. The fourth-order valence-electron chi connectivity index (χ4n) is 3.80. The van der Waals surface area contributed by atoms with Crippen LogP contribution in [0.5, 0.6) is 5.75 Å². The summed E-state index contributed by atoms with van der Waals surface area (Å²) in [6, 6.07) is 18.4. The number of para-hydroxylation sites is 1. The number of pyridine rings is 1. The number of hydrogen-bond acceptors (Lipinski definition) is 9. The van der Waals surface area contributed by atoms with Gasteiger partial charge >= 0.3 is 5.97 Å². The largest absolute Gasteiger partial charge is 0.494 e. The van der Waals surface area contributed by atoms with Gasteiger partial charge < -0.3 is 15.2 Å². The van der Waals surface area contributed by atoms with Crippen molar-refractivity contribution in [2.75, 3.05) is 20.0 Å². The highest BCUT2D eigenvalue weighted by molar-refractivity contribution is 5.95. The maximum atomic E-state index is 11.9. The average molecular weight is 467 g/mol. The summed E-state index contributed by atoms with van der Waals surface area (Å²) in [6.07, 6.45) is 1.78. The van der Waals surface area contributed by atoms with Crippen molar-refractivity contribution in [3.05, 3.63) is 78.1 Å². The second kappa shape index (κ2) is 9.18. The third-order valence-corrected chi connectivity index (χ3v) is 5.42. The lowest BCUT2D eigenvalue weighted by Crippen LogP contribution is -2.04. The Morgan fingerprint density at radius 3 is 2.63 bits per heavy atom. The molecular weight excluding hydrogens is 446 g/mol. The Morgan fingerprint density at radius 1 is 0.971 bits per heavy atom. The molecule has 0 aliphatic heterocycles. The number of methoxy groups -OCH3 is 2. The molecule has 10 nitrogen and oxygen atoms in total. The lowest BCUT2D eigenvalue weighted by Gasteiger charge is -2.08. The molecule has 0 saturated carbocycles. The zero-order valence-electron chi connectivity index (χ0n) is 19.0. The molecule has 3 aromatic heterocycles. The lowest BCUT2D eigenvalue weighted by molar-refractivity contribution is 0.0601. The van der Waals surface area contributed by atoms with Gasteiger partial charge in [-0.15, -0.1) is 5.10 Å². The smallest absolute Gasteiger partial charge is 0.337 e. The van der Waals surface area contributed by atoms with Gasteiger partial charge in [0.1, 0.15) is 22.7 Å². The van der Waals surface area contributed by atoms with Gasteiger partial charge in [0, 0.05) is 10.9 Å². The van der Waals surface area contributed by atoms with E-state index in [1.54, 1.807) is 36.2 Å². The number of hydrogen-bond donors (Lipinski definition) is 1. The molecule has 0 aliphatic rings. The molecule has 2 aromatic carbocycles. The number of aromatic nitrogens is 6. The molecule has 0 saturated heterocycles. The SMILES string of the molecule is COC(=O)c1cccc(-c2cccc(Cn3cc(-c4nc(N)nc5c(OC)cccc45)nn3)n2)c1. The van der Waals surface area contributed by atoms with Crippen molar-refractivity contribution in [3.8, 4) is 28.4 Å². The molecule has 0 atom stereocenters. The van der Waals surface area contributed by atoms with Crippen molar-refractivity contribution in [2.24, 2.45) is 0 Å². The zero-order chi connectivity index (χ0) is 24.4. The first-order chi connectivity index (χ1) is 17.1. The number of carbonyl (C=O) groups is 1. The van der Waals surface area contributed by atoms with Crippen LogP contribution in [0.3, 0.4) is 0 Å². The predicted octanol–water partition coefficient (Wildman–Crippen LogP) is 3.38.